The summed E-state index contributed by atoms with van der Waals surface area (Å²) >= 11 is 6.16. The largest absolute Gasteiger partial charge is 0.497 e. The molecule has 6 nitrogen and oxygen atoms in total. The minimum absolute atomic E-state index is 0.128. The fraction of sp³-hybridized carbons (Fsp3) is 0.500. The highest BCUT2D eigenvalue weighted by atomic mass is 35.5. The predicted octanol–water partition coefficient (Wildman–Crippen LogP) is 1.71. The Hall–Kier alpha value is -1.95. The summed E-state index contributed by atoms with van der Waals surface area (Å²) in [5.74, 6) is 0.699. The van der Waals surface area contributed by atoms with Crippen LogP contribution in [0.15, 0.2) is 18.2 Å². The molecule has 0 aliphatic carbocycles. The Labute approximate surface area is 140 Å². The summed E-state index contributed by atoms with van der Waals surface area (Å²) in [4.78, 5) is 23.7. The molecule has 1 saturated heterocycles. The maximum atomic E-state index is 11.9. The number of rotatable bonds is 5. The van der Waals surface area contributed by atoms with Gasteiger partial charge in [-0.1, -0.05) is 24.6 Å². The minimum Gasteiger partial charge on any atom is -0.497 e. The zero-order valence-electron chi connectivity index (χ0n) is 13.3. The van der Waals surface area contributed by atoms with E-state index in [0.29, 0.717) is 30.3 Å². The number of carbonyl (C=O) groups is 2. The molecule has 23 heavy (non-hydrogen) atoms. The van der Waals surface area contributed by atoms with E-state index in [9.17, 15) is 9.59 Å². The summed E-state index contributed by atoms with van der Waals surface area (Å²) in [6, 6.07) is 4.62. The van der Waals surface area contributed by atoms with Gasteiger partial charge in [0.15, 0.2) is 0 Å². The second kappa shape index (κ2) is 8.06. The molecule has 1 aliphatic heterocycles. The Kier molecular flexibility index (Phi) is 6.10. The lowest BCUT2D eigenvalue weighted by Gasteiger charge is -2.28. The molecule has 1 aromatic carbocycles. The Morgan fingerprint density at radius 2 is 2.26 bits per heavy atom. The lowest BCUT2D eigenvalue weighted by Crippen LogP contribution is -2.56. The molecule has 0 saturated carbocycles. The predicted molar refractivity (Wildman–Crippen MR) is 88.8 cm³/mol. The van der Waals surface area contributed by atoms with Crippen LogP contribution < -0.4 is 20.7 Å². The molecule has 0 radical (unpaired) electrons. The van der Waals surface area contributed by atoms with Crippen LogP contribution in [0.1, 0.15) is 18.9 Å². The molecule has 1 aliphatic rings. The lowest BCUT2D eigenvalue weighted by molar-refractivity contribution is -0.125. The van der Waals surface area contributed by atoms with Crippen molar-refractivity contribution in [1.29, 1.82) is 0 Å². The van der Waals surface area contributed by atoms with Crippen LogP contribution in [0.3, 0.4) is 0 Å². The van der Waals surface area contributed by atoms with Crippen molar-refractivity contribution in [3.63, 3.8) is 0 Å². The number of nitrogens with one attached hydrogen (secondary N) is 3. The summed E-state index contributed by atoms with van der Waals surface area (Å²) in [7, 11) is 1.58. The molecule has 1 heterocycles. The SMILES string of the molecule is COc1ccc(CCNC(=O)N[C@@H]2C(=O)NCC[C@H]2C)c(Cl)c1. The number of halogens is 1. The highest BCUT2D eigenvalue weighted by molar-refractivity contribution is 6.31. The van der Waals surface area contributed by atoms with Crippen molar-refractivity contribution in [2.75, 3.05) is 20.2 Å². The normalized spacial score (nSPS) is 20.6. The van der Waals surface area contributed by atoms with Crippen LogP contribution in [0.4, 0.5) is 4.79 Å². The van der Waals surface area contributed by atoms with Gasteiger partial charge in [-0.3, -0.25) is 4.79 Å². The summed E-state index contributed by atoms with van der Waals surface area (Å²) in [5, 5.41) is 8.84. The van der Waals surface area contributed by atoms with Gasteiger partial charge in [0.2, 0.25) is 5.91 Å². The first-order chi connectivity index (χ1) is 11.0. The first kappa shape index (κ1) is 17.4. The van der Waals surface area contributed by atoms with Crippen molar-refractivity contribution in [3.05, 3.63) is 28.8 Å². The average Bonchev–Trinajstić information content (AvgIpc) is 2.52. The van der Waals surface area contributed by atoms with Gasteiger partial charge in [0.25, 0.3) is 0 Å². The Bertz CT molecular complexity index is 580. The molecule has 7 heteroatoms. The van der Waals surface area contributed by atoms with Gasteiger partial charge in [0.1, 0.15) is 11.8 Å². The van der Waals surface area contributed by atoms with Crippen LogP contribution in [0, 0.1) is 5.92 Å². The van der Waals surface area contributed by atoms with Crippen molar-refractivity contribution in [3.8, 4) is 5.75 Å². The summed E-state index contributed by atoms with van der Waals surface area (Å²) in [6.45, 7) is 3.05. The molecule has 126 valence electrons. The van der Waals surface area contributed by atoms with Gasteiger partial charge >= 0.3 is 6.03 Å². The van der Waals surface area contributed by atoms with Crippen LogP contribution in [0.5, 0.6) is 5.75 Å². The van der Waals surface area contributed by atoms with Crippen molar-refractivity contribution in [2.24, 2.45) is 5.92 Å². The molecule has 0 aromatic heterocycles. The van der Waals surface area contributed by atoms with E-state index in [1.54, 1.807) is 13.2 Å². The second-order valence-corrected chi connectivity index (χ2v) is 6.05. The van der Waals surface area contributed by atoms with Crippen molar-refractivity contribution >= 4 is 23.5 Å². The summed E-state index contributed by atoms with van der Waals surface area (Å²) in [6.07, 6.45) is 1.46. The first-order valence-electron chi connectivity index (χ1n) is 7.65. The molecular formula is C16H22ClN3O3. The van der Waals surface area contributed by atoms with Gasteiger partial charge in [-0.15, -0.1) is 0 Å². The smallest absolute Gasteiger partial charge is 0.315 e. The number of carbonyl (C=O) groups excluding carboxylic acids is 2. The minimum atomic E-state index is -0.478. The number of hydrogen-bond donors (Lipinski definition) is 3. The molecule has 1 fully saturated rings. The van der Waals surface area contributed by atoms with E-state index in [0.717, 1.165) is 12.0 Å². The van der Waals surface area contributed by atoms with Crippen LogP contribution in [-0.2, 0) is 11.2 Å². The van der Waals surface area contributed by atoms with Crippen molar-refractivity contribution in [2.45, 2.75) is 25.8 Å². The Morgan fingerprint density at radius 1 is 1.48 bits per heavy atom. The van der Waals surface area contributed by atoms with Crippen LogP contribution in [-0.4, -0.2) is 38.2 Å². The van der Waals surface area contributed by atoms with Gasteiger partial charge in [-0.25, -0.2) is 4.79 Å². The maximum absolute atomic E-state index is 11.9. The number of benzene rings is 1. The van der Waals surface area contributed by atoms with E-state index >= 15 is 0 Å². The van der Waals surface area contributed by atoms with Gasteiger partial charge in [0, 0.05) is 18.1 Å². The number of hydrogen-bond acceptors (Lipinski definition) is 3. The van der Waals surface area contributed by atoms with E-state index in [-0.39, 0.29) is 17.9 Å². The molecule has 1 aromatic rings. The van der Waals surface area contributed by atoms with E-state index < -0.39 is 6.04 Å². The molecule has 2 atom stereocenters. The third-order valence-electron chi connectivity index (χ3n) is 3.98. The topological polar surface area (TPSA) is 79.5 Å². The Balaban J connectivity index is 1.79. The molecule has 0 bridgehead atoms. The molecule has 3 amide bonds. The number of piperidine rings is 1. The molecule has 0 unspecified atom stereocenters. The van der Waals surface area contributed by atoms with E-state index in [1.165, 1.54) is 0 Å². The van der Waals surface area contributed by atoms with Crippen molar-refractivity contribution < 1.29 is 14.3 Å². The summed E-state index contributed by atoms with van der Waals surface area (Å²) in [5.41, 5.74) is 0.927. The number of urea groups is 1. The number of amides is 3. The fourth-order valence-corrected chi connectivity index (χ4v) is 2.79. The number of methoxy groups -OCH3 is 1. The van der Waals surface area contributed by atoms with E-state index in [4.69, 9.17) is 16.3 Å². The Morgan fingerprint density at radius 3 is 2.91 bits per heavy atom. The first-order valence-corrected chi connectivity index (χ1v) is 8.03. The second-order valence-electron chi connectivity index (χ2n) is 5.64. The van der Waals surface area contributed by atoms with Gasteiger partial charge < -0.3 is 20.7 Å². The van der Waals surface area contributed by atoms with Crippen LogP contribution >= 0.6 is 11.6 Å². The lowest BCUT2D eigenvalue weighted by atomic mass is 9.94. The molecule has 3 N–H and O–H groups in total. The monoisotopic (exact) mass is 339 g/mol. The van der Waals surface area contributed by atoms with Crippen molar-refractivity contribution in [1.82, 2.24) is 16.0 Å². The molecular weight excluding hydrogens is 318 g/mol. The van der Waals surface area contributed by atoms with Gasteiger partial charge in [0.05, 0.1) is 7.11 Å². The highest BCUT2D eigenvalue weighted by Crippen LogP contribution is 2.22. The highest BCUT2D eigenvalue weighted by Gasteiger charge is 2.29. The van der Waals surface area contributed by atoms with Crippen LogP contribution in [0.25, 0.3) is 0 Å². The molecule has 2 rings (SSSR count). The average molecular weight is 340 g/mol. The van der Waals surface area contributed by atoms with Gasteiger partial charge in [-0.05, 0) is 36.5 Å². The summed E-state index contributed by atoms with van der Waals surface area (Å²) < 4.78 is 5.10. The third kappa shape index (κ3) is 4.76. The zero-order valence-corrected chi connectivity index (χ0v) is 14.1. The zero-order chi connectivity index (χ0) is 16.8. The third-order valence-corrected chi connectivity index (χ3v) is 4.33. The van der Waals surface area contributed by atoms with Gasteiger partial charge in [-0.2, -0.15) is 0 Å². The maximum Gasteiger partial charge on any atom is 0.315 e. The van der Waals surface area contributed by atoms with E-state index in [2.05, 4.69) is 16.0 Å². The van der Waals surface area contributed by atoms with E-state index in [1.807, 2.05) is 19.1 Å². The standard InChI is InChI=1S/C16H22ClN3O3/c1-10-5-7-18-15(21)14(10)20-16(22)19-8-6-11-3-4-12(23-2)9-13(11)17/h3-4,9-10,14H,5-8H2,1-2H3,(H,18,21)(H2,19,20,22)/t10-,14+/m1/s1. The van der Waals surface area contributed by atoms with Crippen LogP contribution in [0.2, 0.25) is 5.02 Å². The quantitative estimate of drug-likeness (QED) is 0.764. The fourth-order valence-electron chi connectivity index (χ4n) is 2.53. The number of ether oxygens (including phenoxy) is 1. The molecule has 0 spiro atoms.